The van der Waals surface area contributed by atoms with E-state index in [2.05, 4.69) is 0 Å². The summed E-state index contributed by atoms with van der Waals surface area (Å²) in [6.45, 7) is 1.35. The van der Waals surface area contributed by atoms with Crippen molar-refractivity contribution in [3.63, 3.8) is 0 Å². The van der Waals surface area contributed by atoms with Crippen molar-refractivity contribution in [3.8, 4) is 0 Å². The molecule has 2 aliphatic heterocycles. The smallest absolute Gasteiger partial charge is 0.329 e. The quantitative estimate of drug-likeness (QED) is 0.369. The van der Waals surface area contributed by atoms with Gasteiger partial charge in [0.1, 0.15) is 18.7 Å². The third-order valence-electron chi connectivity index (χ3n) is 6.71. The largest absolute Gasteiger partial charge is 0.480 e. The first-order valence-corrected chi connectivity index (χ1v) is 12.5. The molecule has 2 aliphatic rings. The van der Waals surface area contributed by atoms with E-state index in [1.54, 1.807) is 4.90 Å². The Balaban J connectivity index is 1.28. The molecule has 0 saturated carbocycles. The maximum absolute atomic E-state index is 12.7. The van der Waals surface area contributed by atoms with Gasteiger partial charge in [-0.05, 0) is 44.1 Å². The lowest BCUT2D eigenvalue weighted by Crippen LogP contribution is -2.41. The van der Waals surface area contributed by atoms with Crippen LogP contribution >= 0.6 is 0 Å². The predicted octanol–water partition coefficient (Wildman–Crippen LogP) is 3.53. The van der Waals surface area contributed by atoms with Gasteiger partial charge in [0.2, 0.25) is 11.8 Å². The SMILES string of the molecule is O=C(O)[C@H]1CCCN1C(=O)CCCCCCCC(=O)N1CCC[C@@H]1C(=O)OCc1ccccc1. The molecule has 1 N–H and O–H groups in total. The first-order valence-electron chi connectivity index (χ1n) is 12.5. The van der Waals surface area contributed by atoms with Crippen LogP contribution in [0.2, 0.25) is 0 Å². The van der Waals surface area contributed by atoms with Crippen LogP contribution < -0.4 is 0 Å². The van der Waals surface area contributed by atoms with E-state index in [-0.39, 0.29) is 24.4 Å². The van der Waals surface area contributed by atoms with Gasteiger partial charge in [0.05, 0.1) is 0 Å². The van der Waals surface area contributed by atoms with Gasteiger partial charge in [0.25, 0.3) is 0 Å². The lowest BCUT2D eigenvalue weighted by molar-refractivity contribution is -0.154. The van der Waals surface area contributed by atoms with Crippen LogP contribution in [0.25, 0.3) is 0 Å². The maximum Gasteiger partial charge on any atom is 0.329 e. The minimum Gasteiger partial charge on any atom is -0.480 e. The van der Waals surface area contributed by atoms with E-state index < -0.39 is 18.1 Å². The number of amides is 2. The van der Waals surface area contributed by atoms with Crippen LogP contribution in [0.15, 0.2) is 30.3 Å². The molecule has 0 bridgehead atoms. The Kier molecular flexibility index (Phi) is 9.91. The van der Waals surface area contributed by atoms with Gasteiger partial charge >= 0.3 is 11.9 Å². The van der Waals surface area contributed by atoms with Crippen molar-refractivity contribution in [2.45, 2.75) is 89.3 Å². The molecule has 34 heavy (non-hydrogen) atoms. The molecule has 3 rings (SSSR count). The van der Waals surface area contributed by atoms with Crippen LogP contribution in [0.4, 0.5) is 0 Å². The monoisotopic (exact) mass is 472 g/mol. The third-order valence-corrected chi connectivity index (χ3v) is 6.71. The molecule has 1 aromatic carbocycles. The summed E-state index contributed by atoms with van der Waals surface area (Å²) in [6.07, 6.45) is 7.71. The molecule has 8 nitrogen and oxygen atoms in total. The zero-order chi connectivity index (χ0) is 24.3. The lowest BCUT2D eigenvalue weighted by atomic mass is 10.1. The van der Waals surface area contributed by atoms with Crippen molar-refractivity contribution in [2.75, 3.05) is 13.1 Å². The molecule has 8 heteroatoms. The fourth-order valence-corrected chi connectivity index (χ4v) is 4.83. The number of carbonyl (C=O) groups excluding carboxylic acids is 3. The van der Waals surface area contributed by atoms with E-state index in [1.807, 2.05) is 30.3 Å². The fourth-order valence-electron chi connectivity index (χ4n) is 4.83. The van der Waals surface area contributed by atoms with Gasteiger partial charge in [-0.3, -0.25) is 9.59 Å². The normalized spacial score (nSPS) is 19.9. The number of carboxylic acid groups (broad SMARTS) is 1. The van der Waals surface area contributed by atoms with Crippen LogP contribution in [-0.2, 0) is 30.5 Å². The number of aliphatic carboxylic acids is 1. The molecular weight excluding hydrogens is 436 g/mol. The number of ether oxygens (including phenoxy) is 1. The summed E-state index contributed by atoms with van der Waals surface area (Å²) in [5, 5.41) is 9.19. The number of hydrogen-bond donors (Lipinski definition) is 1. The van der Waals surface area contributed by atoms with Gasteiger partial charge in [-0.2, -0.15) is 0 Å². The Morgan fingerprint density at radius 3 is 1.91 bits per heavy atom. The first-order chi connectivity index (χ1) is 16.5. The zero-order valence-electron chi connectivity index (χ0n) is 19.8. The Morgan fingerprint density at radius 2 is 1.32 bits per heavy atom. The second kappa shape index (κ2) is 13.1. The van der Waals surface area contributed by atoms with E-state index >= 15 is 0 Å². The molecule has 2 atom stereocenters. The van der Waals surface area contributed by atoms with Crippen LogP contribution in [-0.4, -0.2) is 63.8 Å². The van der Waals surface area contributed by atoms with E-state index in [0.29, 0.717) is 38.8 Å². The summed E-state index contributed by atoms with van der Waals surface area (Å²) in [7, 11) is 0. The highest BCUT2D eigenvalue weighted by Gasteiger charge is 2.35. The number of carbonyl (C=O) groups is 4. The maximum atomic E-state index is 12.7. The van der Waals surface area contributed by atoms with Crippen LogP contribution in [0.5, 0.6) is 0 Å². The van der Waals surface area contributed by atoms with E-state index in [0.717, 1.165) is 50.5 Å². The molecule has 1 aromatic rings. The topological polar surface area (TPSA) is 104 Å². The summed E-state index contributed by atoms with van der Waals surface area (Å²) in [4.78, 5) is 51.8. The number of hydrogen-bond acceptors (Lipinski definition) is 5. The third kappa shape index (κ3) is 7.30. The summed E-state index contributed by atoms with van der Waals surface area (Å²) >= 11 is 0. The summed E-state index contributed by atoms with van der Waals surface area (Å²) in [5.74, 6) is -1.31. The van der Waals surface area contributed by atoms with Crippen molar-refractivity contribution < 1.29 is 29.0 Å². The van der Waals surface area contributed by atoms with Crippen molar-refractivity contribution in [1.29, 1.82) is 0 Å². The molecule has 2 amide bonds. The number of esters is 1. The highest BCUT2D eigenvalue weighted by molar-refractivity contribution is 5.85. The Labute approximate surface area is 201 Å². The van der Waals surface area contributed by atoms with Crippen LogP contribution in [0, 0.1) is 0 Å². The number of carboxylic acids is 1. The van der Waals surface area contributed by atoms with Gasteiger partial charge in [-0.25, -0.2) is 9.59 Å². The molecular formula is C26H36N2O6. The zero-order valence-corrected chi connectivity index (χ0v) is 19.8. The standard InChI is InChI=1S/C26H36N2O6/c29-23(27-17-9-13-21(27)25(31)32)15-7-2-1-3-8-16-24(30)28-18-10-14-22(28)26(33)34-19-20-11-5-4-6-12-20/h4-6,11-12,21-22H,1-3,7-10,13-19H2,(H,31,32)/t21-,22-/m1/s1. The van der Waals surface area contributed by atoms with E-state index in [4.69, 9.17) is 4.74 Å². The lowest BCUT2D eigenvalue weighted by Gasteiger charge is -2.23. The molecule has 0 aliphatic carbocycles. The summed E-state index contributed by atoms with van der Waals surface area (Å²) < 4.78 is 5.44. The van der Waals surface area contributed by atoms with Crippen molar-refractivity contribution >= 4 is 23.8 Å². The first kappa shape index (κ1) is 25.7. The second-order valence-electron chi connectivity index (χ2n) is 9.19. The van der Waals surface area contributed by atoms with Crippen LogP contribution in [0.3, 0.4) is 0 Å². The number of unbranched alkanes of at least 4 members (excludes halogenated alkanes) is 4. The summed E-state index contributed by atoms with van der Waals surface area (Å²) in [6, 6.07) is 8.36. The minimum atomic E-state index is -0.916. The van der Waals surface area contributed by atoms with E-state index in [9.17, 15) is 24.3 Å². The Hall–Kier alpha value is -2.90. The Morgan fingerprint density at radius 1 is 0.794 bits per heavy atom. The predicted molar refractivity (Wildman–Crippen MR) is 126 cm³/mol. The fraction of sp³-hybridized carbons (Fsp3) is 0.615. The van der Waals surface area contributed by atoms with Crippen molar-refractivity contribution in [3.05, 3.63) is 35.9 Å². The molecule has 0 radical (unpaired) electrons. The minimum absolute atomic E-state index is 0.00286. The van der Waals surface area contributed by atoms with Gasteiger partial charge in [0.15, 0.2) is 0 Å². The highest BCUT2D eigenvalue weighted by Crippen LogP contribution is 2.22. The molecule has 2 heterocycles. The molecule has 0 unspecified atom stereocenters. The highest BCUT2D eigenvalue weighted by atomic mass is 16.5. The molecule has 0 aromatic heterocycles. The number of benzene rings is 1. The Bertz CT molecular complexity index is 843. The number of rotatable bonds is 12. The molecule has 2 fully saturated rings. The van der Waals surface area contributed by atoms with Gasteiger partial charge < -0.3 is 19.6 Å². The number of nitrogens with zero attached hydrogens (tertiary/aromatic N) is 2. The van der Waals surface area contributed by atoms with E-state index in [1.165, 1.54) is 4.90 Å². The second-order valence-corrected chi connectivity index (χ2v) is 9.19. The molecule has 186 valence electrons. The van der Waals surface area contributed by atoms with Gasteiger partial charge in [0, 0.05) is 25.9 Å². The average molecular weight is 473 g/mol. The molecule has 0 spiro atoms. The summed E-state index contributed by atoms with van der Waals surface area (Å²) in [5.41, 5.74) is 0.926. The average Bonchev–Trinajstić information content (AvgIpc) is 3.52. The van der Waals surface area contributed by atoms with Crippen molar-refractivity contribution in [2.24, 2.45) is 0 Å². The van der Waals surface area contributed by atoms with Crippen molar-refractivity contribution in [1.82, 2.24) is 9.80 Å². The van der Waals surface area contributed by atoms with Crippen LogP contribution in [0.1, 0.15) is 76.2 Å². The number of likely N-dealkylation sites (tertiary alicyclic amines) is 2. The molecule has 2 saturated heterocycles. The van der Waals surface area contributed by atoms with Gasteiger partial charge in [-0.15, -0.1) is 0 Å². The van der Waals surface area contributed by atoms with Gasteiger partial charge in [-0.1, -0.05) is 49.6 Å².